The van der Waals surface area contributed by atoms with Crippen LogP contribution in [0.2, 0.25) is 0 Å². The average Bonchev–Trinajstić information content (AvgIpc) is 2.43. The molecular weight excluding hydrogens is 178 g/mol. The summed E-state index contributed by atoms with van der Waals surface area (Å²) in [6.07, 6.45) is 0. The van der Waals surface area contributed by atoms with Crippen LogP contribution >= 0.6 is 0 Å². The number of aromatic hydroxyl groups is 2. The summed E-state index contributed by atoms with van der Waals surface area (Å²) in [4.78, 5) is 10.5. The maximum absolute atomic E-state index is 10.5. The maximum atomic E-state index is 10.5. The molecule has 0 unspecified atom stereocenters. The number of hydrogen-bond acceptors (Lipinski definition) is 5. The summed E-state index contributed by atoms with van der Waals surface area (Å²) in [5.41, 5.74) is 6.00. The maximum Gasteiger partial charge on any atom is 0.348 e. The predicted molar refractivity (Wildman–Crippen MR) is 43.0 cm³/mol. The standard InChI is InChI=1S/C5H9N5O3/c6-7-5(13)8-9-10-3(11)1-2-4(10)12/h1-2,9,11-12H,6H2,(H2,7,8,13). The summed E-state index contributed by atoms with van der Waals surface area (Å²) >= 11 is 0. The van der Waals surface area contributed by atoms with Gasteiger partial charge in [-0.2, -0.15) is 4.68 Å². The summed E-state index contributed by atoms with van der Waals surface area (Å²) in [6.45, 7) is 0. The minimum absolute atomic E-state index is 0.255. The summed E-state index contributed by atoms with van der Waals surface area (Å²) in [5, 5.41) is 18.1. The number of rotatable bonds is 2. The lowest BCUT2D eigenvalue weighted by Gasteiger charge is -2.10. The molecule has 1 aromatic heterocycles. The van der Waals surface area contributed by atoms with Crippen molar-refractivity contribution in [3.63, 3.8) is 0 Å². The van der Waals surface area contributed by atoms with E-state index in [1.807, 2.05) is 5.43 Å². The number of nitrogens with one attached hydrogen (secondary N) is 3. The fourth-order valence-electron chi connectivity index (χ4n) is 0.673. The third-order valence-electron chi connectivity index (χ3n) is 1.25. The number of carbonyl (C=O) groups excluding carboxylic acids is 1. The number of amides is 2. The van der Waals surface area contributed by atoms with Crippen molar-refractivity contribution in [1.82, 2.24) is 15.5 Å². The first-order valence-electron chi connectivity index (χ1n) is 3.27. The average molecular weight is 187 g/mol. The van der Waals surface area contributed by atoms with Crippen LogP contribution in [0.5, 0.6) is 11.8 Å². The molecule has 0 atom stereocenters. The Bertz CT molecular complexity index is 290. The van der Waals surface area contributed by atoms with Crippen LogP contribution in [0.3, 0.4) is 0 Å². The molecule has 1 rings (SSSR count). The van der Waals surface area contributed by atoms with Gasteiger partial charge in [0.15, 0.2) is 0 Å². The van der Waals surface area contributed by atoms with Crippen molar-refractivity contribution in [2.45, 2.75) is 0 Å². The SMILES string of the molecule is NNC(=O)NNn1c(O)ccc1O. The molecule has 72 valence electrons. The molecule has 0 aliphatic heterocycles. The van der Waals surface area contributed by atoms with Gasteiger partial charge in [-0.15, -0.1) is 0 Å². The Morgan fingerprint density at radius 3 is 2.38 bits per heavy atom. The fourth-order valence-corrected chi connectivity index (χ4v) is 0.673. The van der Waals surface area contributed by atoms with E-state index in [1.165, 1.54) is 12.1 Å². The van der Waals surface area contributed by atoms with E-state index < -0.39 is 6.03 Å². The van der Waals surface area contributed by atoms with Gasteiger partial charge in [0.05, 0.1) is 0 Å². The molecule has 8 heteroatoms. The minimum atomic E-state index is -0.715. The molecule has 0 aliphatic carbocycles. The molecule has 0 radical (unpaired) electrons. The van der Waals surface area contributed by atoms with Crippen molar-refractivity contribution in [2.24, 2.45) is 5.84 Å². The second-order valence-corrected chi connectivity index (χ2v) is 2.10. The molecule has 0 spiro atoms. The van der Waals surface area contributed by atoms with Crippen LogP contribution in [-0.4, -0.2) is 20.9 Å². The van der Waals surface area contributed by atoms with Crippen molar-refractivity contribution in [3.05, 3.63) is 12.1 Å². The summed E-state index contributed by atoms with van der Waals surface area (Å²) in [7, 11) is 0. The Hall–Kier alpha value is -2.09. The molecule has 0 saturated carbocycles. The highest BCUT2D eigenvalue weighted by molar-refractivity contribution is 5.73. The van der Waals surface area contributed by atoms with Gasteiger partial charge in [-0.05, 0) is 0 Å². The Kier molecular flexibility index (Phi) is 2.45. The van der Waals surface area contributed by atoms with Crippen molar-refractivity contribution in [2.75, 3.05) is 5.53 Å². The Balaban J connectivity index is 2.58. The van der Waals surface area contributed by atoms with Gasteiger partial charge in [-0.25, -0.2) is 21.6 Å². The third-order valence-corrected chi connectivity index (χ3v) is 1.25. The Morgan fingerprint density at radius 2 is 1.92 bits per heavy atom. The van der Waals surface area contributed by atoms with Gasteiger partial charge < -0.3 is 10.2 Å². The third kappa shape index (κ3) is 1.93. The molecule has 0 saturated heterocycles. The summed E-state index contributed by atoms with van der Waals surface area (Å²) < 4.78 is 0.842. The lowest BCUT2D eigenvalue weighted by atomic mass is 10.6. The van der Waals surface area contributed by atoms with Crippen molar-refractivity contribution >= 4 is 6.03 Å². The van der Waals surface area contributed by atoms with Gasteiger partial charge in [-0.1, -0.05) is 0 Å². The molecule has 0 aromatic carbocycles. The number of hydrazine groups is 2. The van der Waals surface area contributed by atoms with Crippen LogP contribution in [0, 0.1) is 0 Å². The normalized spacial score (nSPS) is 9.31. The minimum Gasteiger partial charge on any atom is -0.493 e. The van der Waals surface area contributed by atoms with E-state index in [2.05, 4.69) is 5.53 Å². The van der Waals surface area contributed by atoms with Crippen LogP contribution in [0.15, 0.2) is 12.1 Å². The smallest absolute Gasteiger partial charge is 0.348 e. The number of nitrogens with zero attached hydrogens (tertiary/aromatic N) is 1. The van der Waals surface area contributed by atoms with E-state index in [9.17, 15) is 4.79 Å². The monoisotopic (exact) mass is 187 g/mol. The topological polar surface area (TPSA) is 125 Å². The van der Waals surface area contributed by atoms with Crippen LogP contribution < -0.4 is 22.2 Å². The van der Waals surface area contributed by atoms with E-state index in [4.69, 9.17) is 16.1 Å². The molecule has 7 N–H and O–H groups in total. The van der Waals surface area contributed by atoms with Gasteiger partial charge in [0.2, 0.25) is 11.8 Å². The Labute approximate surface area is 72.9 Å². The highest BCUT2D eigenvalue weighted by Crippen LogP contribution is 2.17. The molecule has 2 amide bonds. The first kappa shape index (κ1) is 9.00. The fraction of sp³-hybridized carbons (Fsp3) is 0. The van der Waals surface area contributed by atoms with Gasteiger partial charge in [0.1, 0.15) is 0 Å². The van der Waals surface area contributed by atoms with Gasteiger partial charge in [-0.3, -0.25) is 5.43 Å². The first-order chi connectivity index (χ1) is 6.15. The van der Waals surface area contributed by atoms with Crippen LogP contribution in [-0.2, 0) is 0 Å². The van der Waals surface area contributed by atoms with E-state index >= 15 is 0 Å². The van der Waals surface area contributed by atoms with Crippen molar-refractivity contribution < 1.29 is 15.0 Å². The molecule has 13 heavy (non-hydrogen) atoms. The molecule has 1 aromatic rings. The van der Waals surface area contributed by atoms with Crippen LogP contribution in [0.4, 0.5) is 4.79 Å². The van der Waals surface area contributed by atoms with Crippen molar-refractivity contribution in [3.8, 4) is 11.8 Å². The van der Waals surface area contributed by atoms with E-state index in [1.54, 1.807) is 5.43 Å². The summed E-state index contributed by atoms with van der Waals surface area (Å²) in [5.74, 6) is 4.24. The highest BCUT2D eigenvalue weighted by Gasteiger charge is 2.04. The number of nitrogens with two attached hydrogens (primary N) is 1. The Morgan fingerprint density at radius 1 is 1.38 bits per heavy atom. The van der Waals surface area contributed by atoms with Crippen LogP contribution in [0.25, 0.3) is 0 Å². The zero-order chi connectivity index (χ0) is 9.84. The largest absolute Gasteiger partial charge is 0.493 e. The van der Waals surface area contributed by atoms with E-state index in [0.29, 0.717) is 0 Å². The molecular formula is C5H9N5O3. The predicted octanol–water partition coefficient (Wildman–Crippen LogP) is -1.47. The molecule has 0 fully saturated rings. The lowest BCUT2D eigenvalue weighted by molar-refractivity contribution is 0.241. The van der Waals surface area contributed by atoms with Gasteiger partial charge >= 0.3 is 6.03 Å². The van der Waals surface area contributed by atoms with E-state index in [-0.39, 0.29) is 11.8 Å². The second kappa shape index (κ2) is 3.54. The van der Waals surface area contributed by atoms with Gasteiger partial charge in [0, 0.05) is 12.1 Å². The number of carbonyl (C=O) groups is 1. The van der Waals surface area contributed by atoms with Crippen LogP contribution in [0.1, 0.15) is 0 Å². The first-order valence-corrected chi connectivity index (χ1v) is 3.27. The highest BCUT2D eigenvalue weighted by atomic mass is 16.3. The molecule has 0 aliphatic rings. The second-order valence-electron chi connectivity index (χ2n) is 2.10. The number of urea groups is 1. The molecule has 0 bridgehead atoms. The van der Waals surface area contributed by atoms with E-state index in [0.717, 1.165) is 4.68 Å². The number of aromatic nitrogens is 1. The number of hydrogen-bond donors (Lipinski definition) is 6. The quantitative estimate of drug-likeness (QED) is 0.191. The zero-order valence-corrected chi connectivity index (χ0v) is 6.48. The van der Waals surface area contributed by atoms with Crippen molar-refractivity contribution in [1.29, 1.82) is 0 Å². The zero-order valence-electron chi connectivity index (χ0n) is 6.48. The summed E-state index contributed by atoms with van der Waals surface area (Å²) in [6, 6.07) is 1.77. The van der Waals surface area contributed by atoms with Gasteiger partial charge in [0.25, 0.3) is 0 Å². The lowest BCUT2D eigenvalue weighted by Crippen LogP contribution is -2.45. The molecule has 1 heterocycles. The molecule has 8 nitrogen and oxygen atoms in total.